The predicted octanol–water partition coefficient (Wildman–Crippen LogP) is 3.79. The lowest BCUT2D eigenvalue weighted by molar-refractivity contribution is 0.623. The SMILES string of the molecule is Cc1cc(F)ccc1CNCc1sccc1C. The van der Waals surface area contributed by atoms with E-state index in [0.29, 0.717) is 0 Å². The normalized spacial score (nSPS) is 10.8. The van der Waals surface area contributed by atoms with Crippen LogP contribution in [0.5, 0.6) is 0 Å². The monoisotopic (exact) mass is 249 g/mol. The Morgan fingerprint density at radius 2 is 1.94 bits per heavy atom. The van der Waals surface area contributed by atoms with Crippen molar-refractivity contribution in [1.29, 1.82) is 0 Å². The molecule has 0 atom stereocenters. The summed E-state index contributed by atoms with van der Waals surface area (Å²) < 4.78 is 12.9. The van der Waals surface area contributed by atoms with Crippen molar-refractivity contribution in [3.8, 4) is 0 Å². The van der Waals surface area contributed by atoms with Crippen LogP contribution in [0.2, 0.25) is 0 Å². The van der Waals surface area contributed by atoms with E-state index in [0.717, 1.165) is 24.2 Å². The Labute approximate surface area is 105 Å². The summed E-state index contributed by atoms with van der Waals surface area (Å²) in [6.07, 6.45) is 0. The Morgan fingerprint density at radius 3 is 2.59 bits per heavy atom. The van der Waals surface area contributed by atoms with Crippen LogP contribution in [0.1, 0.15) is 21.6 Å². The van der Waals surface area contributed by atoms with E-state index >= 15 is 0 Å². The van der Waals surface area contributed by atoms with E-state index in [4.69, 9.17) is 0 Å². The molecule has 2 aromatic rings. The first-order chi connectivity index (χ1) is 8.16. The third-order valence-corrected chi connectivity index (χ3v) is 3.90. The molecule has 0 fully saturated rings. The molecule has 0 spiro atoms. The highest BCUT2D eigenvalue weighted by Gasteiger charge is 2.02. The minimum atomic E-state index is -0.166. The van der Waals surface area contributed by atoms with Crippen molar-refractivity contribution in [1.82, 2.24) is 5.32 Å². The third kappa shape index (κ3) is 3.14. The van der Waals surface area contributed by atoms with E-state index in [-0.39, 0.29) is 5.82 Å². The molecule has 0 bridgehead atoms. The van der Waals surface area contributed by atoms with E-state index in [1.54, 1.807) is 17.4 Å². The van der Waals surface area contributed by atoms with Gasteiger partial charge < -0.3 is 5.32 Å². The molecule has 1 nitrogen and oxygen atoms in total. The maximum Gasteiger partial charge on any atom is 0.123 e. The van der Waals surface area contributed by atoms with E-state index in [9.17, 15) is 4.39 Å². The number of rotatable bonds is 4. The summed E-state index contributed by atoms with van der Waals surface area (Å²) in [5.41, 5.74) is 3.49. The van der Waals surface area contributed by atoms with E-state index in [2.05, 4.69) is 23.7 Å². The number of nitrogens with one attached hydrogen (secondary N) is 1. The molecule has 90 valence electrons. The average Bonchev–Trinajstić information content (AvgIpc) is 2.68. The molecule has 1 heterocycles. The maximum atomic E-state index is 12.9. The fourth-order valence-electron chi connectivity index (χ4n) is 1.75. The minimum absolute atomic E-state index is 0.166. The van der Waals surface area contributed by atoms with Gasteiger partial charge in [-0.1, -0.05) is 6.07 Å². The Hall–Kier alpha value is -1.19. The summed E-state index contributed by atoms with van der Waals surface area (Å²) in [5, 5.41) is 5.50. The molecule has 3 heteroatoms. The van der Waals surface area contributed by atoms with Gasteiger partial charge in [0.2, 0.25) is 0 Å². The lowest BCUT2D eigenvalue weighted by Gasteiger charge is -2.07. The van der Waals surface area contributed by atoms with Crippen LogP contribution in [0.4, 0.5) is 4.39 Å². The van der Waals surface area contributed by atoms with Gasteiger partial charge in [0, 0.05) is 18.0 Å². The van der Waals surface area contributed by atoms with Gasteiger partial charge in [-0.05, 0) is 54.1 Å². The van der Waals surface area contributed by atoms with Crippen LogP contribution in [0, 0.1) is 19.7 Å². The Balaban J connectivity index is 1.92. The fourth-order valence-corrected chi connectivity index (χ4v) is 2.63. The van der Waals surface area contributed by atoms with Crippen LogP contribution in [-0.2, 0) is 13.1 Å². The van der Waals surface area contributed by atoms with Gasteiger partial charge in [0.05, 0.1) is 0 Å². The molecule has 0 radical (unpaired) electrons. The van der Waals surface area contributed by atoms with Crippen LogP contribution < -0.4 is 5.32 Å². The van der Waals surface area contributed by atoms with Gasteiger partial charge in [-0.25, -0.2) is 4.39 Å². The molecule has 17 heavy (non-hydrogen) atoms. The first-order valence-corrected chi connectivity index (χ1v) is 6.53. The molecule has 0 amide bonds. The minimum Gasteiger partial charge on any atom is -0.308 e. The van der Waals surface area contributed by atoms with Gasteiger partial charge in [-0.3, -0.25) is 0 Å². The van der Waals surface area contributed by atoms with E-state index in [1.807, 2.05) is 13.0 Å². The summed E-state index contributed by atoms with van der Waals surface area (Å²) in [6, 6.07) is 7.07. The summed E-state index contributed by atoms with van der Waals surface area (Å²) in [7, 11) is 0. The highest BCUT2D eigenvalue weighted by atomic mass is 32.1. The summed E-state index contributed by atoms with van der Waals surface area (Å²) in [6.45, 7) is 5.72. The molecule has 0 saturated carbocycles. The first kappa shape index (κ1) is 12.3. The molecule has 2 rings (SSSR count). The highest BCUT2D eigenvalue weighted by Crippen LogP contribution is 2.15. The summed E-state index contributed by atoms with van der Waals surface area (Å²) in [5.74, 6) is -0.166. The number of aryl methyl sites for hydroxylation is 2. The second kappa shape index (κ2) is 5.43. The van der Waals surface area contributed by atoms with Crippen molar-refractivity contribution < 1.29 is 4.39 Å². The molecular weight excluding hydrogens is 233 g/mol. The Morgan fingerprint density at radius 1 is 1.12 bits per heavy atom. The van der Waals surface area contributed by atoms with Gasteiger partial charge in [-0.15, -0.1) is 11.3 Å². The number of hydrogen-bond donors (Lipinski definition) is 1. The van der Waals surface area contributed by atoms with Gasteiger partial charge >= 0.3 is 0 Å². The number of hydrogen-bond acceptors (Lipinski definition) is 2. The second-order valence-corrected chi connectivity index (χ2v) is 5.20. The number of benzene rings is 1. The first-order valence-electron chi connectivity index (χ1n) is 5.65. The van der Waals surface area contributed by atoms with Crippen molar-refractivity contribution in [2.75, 3.05) is 0 Å². The average molecular weight is 249 g/mol. The molecule has 1 aromatic heterocycles. The summed E-state index contributed by atoms with van der Waals surface area (Å²) >= 11 is 1.77. The smallest absolute Gasteiger partial charge is 0.123 e. The lowest BCUT2D eigenvalue weighted by atomic mass is 10.1. The van der Waals surface area contributed by atoms with Crippen LogP contribution in [0.25, 0.3) is 0 Å². The quantitative estimate of drug-likeness (QED) is 0.869. The van der Waals surface area contributed by atoms with Crippen molar-refractivity contribution in [3.63, 3.8) is 0 Å². The highest BCUT2D eigenvalue weighted by molar-refractivity contribution is 7.10. The predicted molar refractivity (Wildman–Crippen MR) is 70.7 cm³/mol. The standard InChI is InChI=1S/C14H16FNS/c1-10-5-6-17-14(10)9-16-8-12-3-4-13(15)7-11(12)2/h3-7,16H,8-9H2,1-2H3. The van der Waals surface area contributed by atoms with Gasteiger partial charge in [0.1, 0.15) is 5.82 Å². The van der Waals surface area contributed by atoms with Gasteiger partial charge in [0.15, 0.2) is 0 Å². The molecular formula is C14H16FNS. The van der Waals surface area contributed by atoms with Crippen molar-refractivity contribution >= 4 is 11.3 Å². The van der Waals surface area contributed by atoms with Gasteiger partial charge in [-0.2, -0.15) is 0 Å². The van der Waals surface area contributed by atoms with Crippen LogP contribution in [-0.4, -0.2) is 0 Å². The van der Waals surface area contributed by atoms with E-state index in [1.165, 1.54) is 16.5 Å². The zero-order valence-corrected chi connectivity index (χ0v) is 10.9. The van der Waals surface area contributed by atoms with Gasteiger partial charge in [0.25, 0.3) is 0 Å². The fraction of sp³-hybridized carbons (Fsp3) is 0.286. The molecule has 0 unspecified atom stereocenters. The molecule has 0 aliphatic rings. The zero-order chi connectivity index (χ0) is 12.3. The zero-order valence-electron chi connectivity index (χ0n) is 10.1. The number of thiophene rings is 1. The van der Waals surface area contributed by atoms with Crippen molar-refractivity contribution in [2.24, 2.45) is 0 Å². The van der Waals surface area contributed by atoms with Crippen LogP contribution in [0.3, 0.4) is 0 Å². The Bertz CT molecular complexity index is 505. The number of halogens is 1. The summed E-state index contributed by atoms with van der Waals surface area (Å²) in [4.78, 5) is 1.37. The maximum absolute atomic E-state index is 12.9. The molecule has 0 saturated heterocycles. The van der Waals surface area contributed by atoms with Crippen LogP contribution in [0.15, 0.2) is 29.6 Å². The third-order valence-electron chi connectivity index (χ3n) is 2.87. The van der Waals surface area contributed by atoms with E-state index < -0.39 is 0 Å². The topological polar surface area (TPSA) is 12.0 Å². The van der Waals surface area contributed by atoms with Crippen molar-refractivity contribution in [2.45, 2.75) is 26.9 Å². The van der Waals surface area contributed by atoms with Crippen molar-refractivity contribution in [3.05, 3.63) is 57.0 Å². The molecule has 0 aliphatic heterocycles. The largest absolute Gasteiger partial charge is 0.308 e. The molecule has 1 N–H and O–H groups in total. The molecule has 0 aliphatic carbocycles. The second-order valence-electron chi connectivity index (χ2n) is 4.20. The molecule has 1 aromatic carbocycles. The van der Waals surface area contributed by atoms with Crippen LogP contribution >= 0.6 is 11.3 Å². The lowest BCUT2D eigenvalue weighted by Crippen LogP contribution is -2.13. The Kier molecular flexibility index (Phi) is 3.92.